The van der Waals surface area contributed by atoms with Crippen molar-refractivity contribution in [3.8, 4) is 11.8 Å². The molecule has 9 nitrogen and oxygen atoms in total. The number of amides is 1. The number of methoxy groups -OCH3 is 1. The quantitative estimate of drug-likeness (QED) is 0.614. The first-order valence-electron chi connectivity index (χ1n) is 8.18. The van der Waals surface area contributed by atoms with Crippen LogP contribution in [0.25, 0.3) is 0 Å². The van der Waals surface area contributed by atoms with Crippen LogP contribution < -0.4 is 14.8 Å². The summed E-state index contributed by atoms with van der Waals surface area (Å²) < 4.78 is 36.2. The fraction of sp³-hybridized carbons (Fsp3) is 0.471. The molecule has 1 aliphatic rings. The number of carbonyl (C=O) groups is 2. The molecule has 1 amide bonds. The molecule has 0 aliphatic heterocycles. The fourth-order valence-corrected chi connectivity index (χ4v) is 3.46. The zero-order valence-electron chi connectivity index (χ0n) is 15.2. The second-order valence-corrected chi connectivity index (χ2v) is 8.14. The van der Waals surface area contributed by atoms with Crippen LogP contribution in [0.5, 0.6) is 5.75 Å². The van der Waals surface area contributed by atoms with Crippen molar-refractivity contribution in [2.45, 2.75) is 30.2 Å². The highest BCUT2D eigenvalue weighted by Gasteiger charge is 2.43. The summed E-state index contributed by atoms with van der Waals surface area (Å²) in [4.78, 5) is 23.9. The van der Waals surface area contributed by atoms with Crippen LogP contribution in [0.4, 0.5) is 0 Å². The van der Waals surface area contributed by atoms with E-state index >= 15 is 0 Å². The average molecular weight is 395 g/mol. The van der Waals surface area contributed by atoms with E-state index in [4.69, 9.17) is 9.47 Å². The normalized spacial score (nSPS) is 15.9. The standard InChI is InChI=1S/C17H21N3O6S/c1-17(10-18,12-5-6-12)20-15(21)9-26-16(22)11-4-7-13(25-3)14(8-11)27(23,24)19-2/h4,7-8,12,19H,5-6,9H2,1-3H3,(H,20,21)/t17-/m1/s1. The summed E-state index contributed by atoms with van der Waals surface area (Å²) in [7, 11) is -1.32. The van der Waals surface area contributed by atoms with Crippen LogP contribution in [-0.4, -0.2) is 46.6 Å². The first kappa shape index (κ1) is 20.7. The fourth-order valence-electron chi connectivity index (χ4n) is 2.55. The van der Waals surface area contributed by atoms with Crippen molar-refractivity contribution in [3.63, 3.8) is 0 Å². The Bertz CT molecular complexity index is 888. The molecule has 2 N–H and O–H groups in total. The molecule has 1 atom stereocenters. The third-order valence-electron chi connectivity index (χ3n) is 4.32. The van der Waals surface area contributed by atoms with Crippen molar-refractivity contribution in [3.05, 3.63) is 23.8 Å². The number of nitrogens with one attached hydrogen (secondary N) is 2. The van der Waals surface area contributed by atoms with E-state index in [-0.39, 0.29) is 22.1 Å². The Kier molecular flexibility index (Phi) is 6.08. The number of sulfonamides is 1. The van der Waals surface area contributed by atoms with Crippen LogP contribution >= 0.6 is 0 Å². The molecular weight excluding hydrogens is 374 g/mol. The van der Waals surface area contributed by atoms with Crippen molar-refractivity contribution in [2.75, 3.05) is 20.8 Å². The lowest BCUT2D eigenvalue weighted by atomic mass is 9.98. The maximum absolute atomic E-state index is 12.2. The topological polar surface area (TPSA) is 135 Å². The summed E-state index contributed by atoms with van der Waals surface area (Å²) in [6.07, 6.45) is 1.72. The van der Waals surface area contributed by atoms with E-state index in [1.165, 1.54) is 26.3 Å². The monoisotopic (exact) mass is 395 g/mol. The van der Waals surface area contributed by atoms with Gasteiger partial charge in [-0.1, -0.05) is 0 Å². The molecule has 0 aromatic heterocycles. The number of hydrogen-bond acceptors (Lipinski definition) is 7. The zero-order chi connectivity index (χ0) is 20.2. The van der Waals surface area contributed by atoms with Crippen LogP contribution in [-0.2, 0) is 19.6 Å². The molecule has 0 saturated heterocycles. The minimum absolute atomic E-state index is 0.0531. The van der Waals surface area contributed by atoms with Gasteiger partial charge in [0.1, 0.15) is 16.2 Å². The Morgan fingerprint density at radius 1 is 1.37 bits per heavy atom. The van der Waals surface area contributed by atoms with Crippen molar-refractivity contribution in [1.82, 2.24) is 10.0 Å². The maximum Gasteiger partial charge on any atom is 0.338 e. The molecule has 0 unspecified atom stereocenters. The number of esters is 1. The van der Waals surface area contributed by atoms with E-state index in [0.717, 1.165) is 18.9 Å². The molecular formula is C17H21N3O6S. The molecule has 0 bridgehead atoms. The van der Waals surface area contributed by atoms with Gasteiger partial charge in [-0.3, -0.25) is 4.79 Å². The number of ether oxygens (including phenoxy) is 2. The van der Waals surface area contributed by atoms with E-state index < -0.39 is 34.0 Å². The molecule has 1 saturated carbocycles. The Labute approximate surface area is 157 Å². The maximum atomic E-state index is 12.2. The number of carbonyl (C=O) groups excluding carboxylic acids is 2. The highest BCUT2D eigenvalue weighted by Crippen LogP contribution is 2.39. The van der Waals surface area contributed by atoms with Crippen LogP contribution in [0.15, 0.2) is 23.1 Å². The zero-order valence-corrected chi connectivity index (χ0v) is 16.1. The van der Waals surface area contributed by atoms with Gasteiger partial charge >= 0.3 is 5.97 Å². The van der Waals surface area contributed by atoms with Gasteiger partial charge in [-0.15, -0.1) is 0 Å². The predicted octanol–water partition coefficient (Wildman–Crippen LogP) is 0.569. The molecule has 1 aliphatic carbocycles. The van der Waals surface area contributed by atoms with Crippen molar-refractivity contribution in [2.24, 2.45) is 5.92 Å². The van der Waals surface area contributed by atoms with E-state index in [1.54, 1.807) is 6.92 Å². The summed E-state index contributed by atoms with van der Waals surface area (Å²) in [5.74, 6) is -1.31. The van der Waals surface area contributed by atoms with Gasteiger partial charge in [-0.2, -0.15) is 5.26 Å². The Morgan fingerprint density at radius 2 is 2.04 bits per heavy atom. The number of benzene rings is 1. The minimum Gasteiger partial charge on any atom is -0.495 e. The lowest BCUT2D eigenvalue weighted by Gasteiger charge is -2.22. The highest BCUT2D eigenvalue weighted by molar-refractivity contribution is 7.89. The molecule has 10 heteroatoms. The molecule has 146 valence electrons. The lowest BCUT2D eigenvalue weighted by molar-refractivity contribution is -0.125. The summed E-state index contributed by atoms with van der Waals surface area (Å²) in [6.45, 7) is 1.05. The highest BCUT2D eigenvalue weighted by atomic mass is 32.2. The Balaban J connectivity index is 2.07. The lowest BCUT2D eigenvalue weighted by Crippen LogP contribution is -2.48. The van der Waals surface area contributed by atoms with Crippen molar-refractivity contribution in [1.29, 1.82) is 5.26 Å². The molecule has 2 rings (SSSR count). The third-order valence-corrected chi connectivity index (χ3v) is 5.75. The van der Waals surface area contributed by atoms with Gasteiger partial charge < -0.3 is 14.8 Å². The summed E-state index contributed by atoms with van der Waals surface area (Å²) in [5, 5.41) is 11.8. The van der Waals surface area contributed by atoms with Gasteiger partial charge in [-0.05, 0) is 50.9 Å². The SMILES string of the molecule is CNS(=O)(=O)c1cc(C(=O)OCC(=O)N[C@](C)(C#N)C2CC2)ccc1OC. The van der Waals surface area contributed by atoms with Gasteiger partial charge in [0.15, 0.2) is 6.61 Å². The molecule has 1 fully saturated rings. The second-order valence-electron chi connectivity index (χ2n) is 6.29. The van der Waals surface area contributed by atoms with Gasteiger partial charge in [-0.25, -0.2) is 17.9 Å². The smallest absolute Gasteiger partial charge is 0.338 e. The summed E-state index contributed by atoms with van der Waals surface area (Å²) >= 11 is 0. The van der Waals surface area contributed by atoms with Gasteiger partial charge in [0.05, 0.1) is 18.7 Å². The molecule has 27 heavy (non-hydrogen) atoms. The Morgan fingerprint density at radius 3 is 2.56 bits per heavy atom. The number of hydrogen-bond donors (Lipinski definition) is 2. The van der Waals surface area contributed by atoms with Gasteiger partial charge in [0, 0.05) is 0 Å². The molecule has 0 spiro atoms. The van der Waals surface area contributed by atoms with Crippen LogP contribution in [0, 0.1) is 17.2 Å². The van der Waals surface area contributed by atoms with Gasteiger partial charge in [0.2, 0.25) is 10.0 Å². The van der Waals surface area contributed by atoms with E-state index in [1.807, 2.05) is 0 Å². The number of rotatable bonds is 8. The number of nitrogens with zero attached hydrogens (tertiary/aromatic N) is 1. The van der Waals surface area contributed by atoms with Crippen LogP contribution in [0.3, 0.4) is 0 Å². The molecule has 0 heterocycles. The van der Waals surface area contributed by atoms with Gasteiger partial charge in [0.25, 0.3) is 5.91 Å². The largest absolute Gasteiger partial charge is 0.495 e. The summed E-state index contributed by atoms with van der Waals surface area (Å²) in [6, 6.07) is 5.83. The molecule has 0 radical (unpaired) electrons. The second kappa shape index (κ2) is 7.94. The van der Waals surface area contributed by atoms with Crippen molar-refractivity contribution < 1.29 is 27.5 Å². The van der Waals surface area contributed by atoms with E-state index in [9.17, 15) is 23.3 Å². The van der Waals surface area contributed by atoms with Crippen molar-refractivity contribution >= 4 is 21.9 Å². The summed E-state index contributed by atoms with van der Waals surface area (Å²) in [5.41, 5.74) is -1.04. The molecule has 1 aromatic rings. The van der Waals surface area contributed by atoms with Crippen LogP contribution in [0.1, 0.15) is 30.1 Å². The number of nitriles is 1. The average Bonchev–Trinajstić information content (AvgIpc) is 3.51. The Hall–Kier alpha value is -2.64. The predicted molar refractivity (Wildman–Crippen MR) is 94.4 cm³/mol. The van der Waals surface area contributed by atoms with E-state index in [2.05, 4.69) is 16.1 Å². The van der Waals surface area contributed by atoms with E-state index in [0.29, 0.717) is 0 Å². The minimum atomic E-state index is -3.86. The molecule has 1 aromatic carbocycles. The van der Waals surface area contributed by atoms with Crippen LogP contribution in [0.2, 0.25) is 0 Å². The first-order valence-corrected chi connectivity index (χ1v) is 9.66. The first-order chi connectivity index (χ1) is 12.7. The third kappa shape index (κ3) is 4.75.